The second-order valence-corrected chi connectivity index (χ2v) is 5.10. The van der Waals surface area contributed by atoms with E-state index in [1.165, 1.54) is 5.56 Å². The smallest absolute Gasteiger partial charge is 0.124 e. The first kappa shape index (κ1) is 11.9. The van der Waals surface area contributed by atoms with Crippen LogP contribution in [0.1, 0.15) is 12.5 Å². The maximum Gasteiger partial charge on any atom is 0.124 e. The molecule has 1 aromatic rings. The average molecular weight is 286 g/mol. The largest absolute Gasteiger partial charge is 0.492 e. The summed E-state index contributed by atoms with van der Waals surface area (Å²) < 4.78 is 6.73. The number of ether oxygens (including phenoxy) is 1. The predicted molar refractivity (Wildman–Crippen MR) is 66.6 cm³/mol. The topological polar surface area (TPSA) is 32.7 Å². The fraction of sp³-hybridized carbons (Fsp3) is 0.500. The summed E-state index contributed by atoms with van der Waals surface area (Å²) in [7, 11) is 0. The van der Waals surface area contributed by atoms with E-state index in [0.29, 0.717) is 13.2 Å². The summed E-state index contributed by atoms with van der Waals surface area (Å²) in [6.45, 7) is 4.88. The van der Waals surface area contributed by atoms with Crippen molar-refractivity contribution in [2.75, 3.05) is 19.7 Å². The van der Waals surface area contributed by atoms with Crippen molar-refractivity contribution in [2.45, 2.75) is 19.6 Å². The minimum Gasteiger partial charge on any atom is -0.492 e. The van der Waals surface area contributed by atoms with E-state index in [4.69, 9.17) is 4.74 Å². The molecule has 0 saturated carbocycles. The van der Waals surface area contributed by atoms with Gasteiger partial charge in [-0.15, -0.1) is 0 Å². The Bertz CT molecular complexity index is 368. The van der Waals surface area contributed by atoms with Crippen LogP contribution in [-0.4, -0.2) is 35.8 Å². The highest BCUT2D eigenvalue weighted by Crippen LogP contribution is 2.26. The minimum absolute atomic E-state index is 0.294. The SMILES string of the molecule is C[C@H](O)CN1CCOc2cc(Br)ccc2C1. The fourth-order valence-electron chi connectivity index (χ4n) is 1.93. The fourth-order valence-corrected chi connectivity index (χ4v) is 2.27. The maximum atomic E-state index is 9.40. The van der Waals surface area contributed by atoms with Crippen LogP contribution in [0.5, 0.6) is 5.75 Å². The summed E-state index contributed by atoms with van der Waals surface area (Å²) in [4.78, 5) is 2.21. The highest BCUT2D eigenvalue weighted by Gasteiger charge is 2.16. The Labute approximate surface area is 104 Å². The molecular weight excluding hydrogens is 270 g/mol. The van der Waals surface area contributed by atoms with E-state index in [1.807, 2.05) is 19.1 Å². The van der Waals surface area contributed by atoms with Gasteiger partial charge in [-0.05, 0) is 19.1 Å². The molecule has 1 N–H and O–H groups in total. The van der Waals surface area contributed by atoms with E-state index < -0.39 is 0 Å². The molecule has 0 amide bonds. The number of rotatable bonds is 2. The molecule has 88 valence electrons. The monoisotopic (exact) mass is 285 g/mol. The molecule has 3 nitrogen and oxygen atoms in total. The molecule has 0 aliphatic carbocycles. The zero-order valence-electron chi connectivity index (χ0n) is 9.32. The third-order valence-electron chi connectivity index (χ3n) is 2.61. The third kappa shape index (κ3) is 2.97. The number of β-amino-alcohol motifs (C(OH)–C–C–N with tert-alkyl or cyclic N) is 1. The number of aliphatic hydroxyl groups excluding tert-OH is 1. The number of hydrogen-bond acceptors (Lipinski definition) is 3. The van der Waals surface area contributed by atoms with Gasteiger partial charge in [0.15, 0.2) is 0 Å². The van der Waals surface area contributed by atoms with Crippen molar-refractivity contribution in [3.63, 3.8) is 0 Å². The Balaban J connectivity index is 2.14. The molecule has 1 aromatic carbocycles. The Morgan fingerprint density at radius 1 is 1.56 bits per heavy atom. The molecule has 16 heavy (non-hydrogen) atoms. The highest BCUT2D eigenvalue weighted by molar-refractivity contribution is 9.10. The standard InChI is InChI=1S/C12H16BrNO2/c1-9(15)7-14-4-5-16-12-6-11(13)3-2-10(12)8-14/h2-3,6,9,15H,4-5,7-8H2,1H3/t9-/m0/s1. The molecule has 0 saturated heterocycles. The molecule has 4 heteroatoms. The molecule has 0 bridgehead atoms. The zero-order chi connectivity index (χ0) is 11.5. The number of nitrogens with zero attached hydrogens (tertiary/aromatic N) is 1. The first-order valence-corrected chi connectivity index (χ1v) is 6.26. The quantitative estimate of drug-likeness (QED) is 0.903. The van der Waals surface area contributed by atoms with Gasteiger partial charge in [0.1, 0.15) is 12.4 Å². The van der Waals surface area contributed by atoms with Gasteiger partial charge in [0.2, 0.25) is 0 Å². The molecule has 1 aliphatic heterocycles. The Hall–Kier alpha value is -0.580. The Kier molecular flexibility index (Phi) is 3.84. The normalized spacial score (nSPS) is 18.4. The first-order valence-electron chi connectivity index (χ1n) is 5.47. The Morgan fingerprint density at radius 3 is 3.12 bits per heavy atom. The van der Waals surface area contributed by atoms with Crippen LogP contribution in [0.3, 0.4) is 0 Å². The predicted octanol–water partition coefficient (Wildman–Crippen LogP) is 2.02. The number of hydrogen-bond donors (Lipinski definition) is 1. The average Bonchev–Trinajstić information content (AvgIpc) is 2.38. The molecule has 1 atom stereocenters. The van der Waals surface area contributed by atoms with Gasteiger partial charge in [-0.25, -0.2) is 0 Å². The van der Waals surface area contributed by atoms with Gasteiger partial charge >= 0.3 is 0 Å². The van der Waals surface area contributed by atoms with Crippen LogP contribution in [0.4, 0.5) is 0 Å². The van der Waals surface area contributed by atoms with Crippen molar-refractivity contribution >= 4 is 15.9 Å². The second-order valence-electron chi connectivity index (χ2n) is 4.18. The molecule has 0 radical (unpaired) electrons. The molecule has 0 aromatic heterocycles. The van der Waals surface area contributed by atoms with Gasteiger partial charge < -0.3 is 9.84 Å². The molecule has 0 fully saturated rings. The molecule has 2 rings (SSSR count). The summed E-state index contributed by atoms with van der Waals surface area (Å²) in [6.07, 6.45) is -0.294. The molecular formula is C12H16BrNO2. The van der Waals surface area contributed by atoms with Gasteiger partial charge in [0.05, 0.1) is 6.10 Å². The second kappa shape index (κ2) is 5.17. The lowest BCUT2D eigenvalue weighted by atomic mass is 10.2. The number of aliphatic hydroxyl groups is 1. The van der Waals surface area contributed by atoms with E-state index >= 15 is 0 Å². The van der Waals surface area contributed by atoms with E-state index in [9.17, 15) is 5.11 Å². The van der Waals surface area contributed by atoms with Gasteiger partial charge in [0.25, 0.3) is 0 Å². The van der Waals surface area contributed by atoms with Crippen LogP contribution >= 0.6 is 15.9 Å². The van der Waals surface area contributed by atoms with Crippen LogP contribution in [-0.2, 0) is 6.54 Å². The molecule has 1 aliphatic rings. The number of halogens is 1. The Morgan fingerprint density at radius 2 is 2.38 bits per heavy atom. The minimum atomic E-state index is -0.294. The lowest BCUT2D eigenvalue weighted by molar-refractivity contribution is 0.117. The number of fused-ring (bicyclic) bond motifs is 1. The van der Waals surface area contributed by atoms with E-state index in [1.54, 1.807) is 0 Å². The van der Waals surface area contributed by atoms with Crippen molar-refractivity contribution < 1.29 is 9.84 Å². The summed E-state index contributed by atoms with van der Waals surface area (Å²) >= 11 is 3.44. The van der Waals surface area contributed by atoms with Crippen molar-refractivity contribution in [1.29, 1.82) is 0 Å². The lowest BCUT2D eigenvalue weighted by Crippen LogP contribution is -2.32. The lowest BCUT2D eigenvalue weighted by Gasteiger charge is -2.20. The third-order valence-corrected chi connectivity index (χ3v) is 3.10. The molecule has 0 unspecified atom stereocenters. The summed E-state index contributed by atoms with van der Waals surface area (Å²) in [5.41, 5.74) is 1.18. The summed E-state index contributed by atoms with van der Waals surface area (Å²) in [5, 5.41) is 9.40. The molecule has 0 spiro atoms. The van der Waals surface area contributed by atoms with Gasteiger partial charge in [-0.1, -0.05) is 22.0 Å². The van der Waals surface area contributed by atoms with Crippen molar-refractivity contribution in [3.8, 4) is 5.75 Å². The maximum absolute atomic E-state index is 9.40. The van der Waals surface area contributed by atoms with Crippen LogP contribution in [0.15, 0.2) is 22.7 Å². The van der Waals surface area contributed by atoms with Crippen molar-refractivity contribution in [2.24, 2.45) is 0 Å². The first-order chi connectivity index (χ1) is 7.65. The van der Waals surface area contributed by atoms with Crippen molar-refractivity contribution in [1.82, 2.24) is 4.90 Å². The van der Waals surface area contributed by atoms with Crippen LogP contribution in [0.25, 0.3) is 0 Å². The van der Waals surface area contributed by atoms with Gasteiger partial charge in [-0.2, -0.15) is 0 Å². The summed E-state index contributed by atoms with van der Waals surface area (Å²) in [5.74, 6) is 0.947. The van der Waals surface area contributed by atoms with Gasteiger partial charge in [-0.3, -0.25) is 4.90 Å². The summed E-state index contributed by atoms with van der Waals surface area (Å²) in [6, 6.07) is 6.09. The van der Waals surface area contributed by atoms with E-state index in [-0.39, 0.29) is 6.10 Å². The number of benzene rings is 1. The molecule has 1 heterocycles. The van der Waals surface area contributed by atoms with E-state index in [2.05, 4.69) is 26.9 Å². The van der Waals surface area contributed by atoms with Crippen LogP contribution < -0.4 is 4.74 Å². The zero-order valence-corrected chi connectivity index (χ0v) is 10.9. The highest BCUT2D eigenvalue weighted by atomic mass is 79.9. The van der Waals surface area contributed by atoms with Crippen molar-refractivity contribution in [3.05, 3.63) is 28.2 Å². The van der Waals surface area contributed by atoms with Crippen LogP contribution in [0, 0.1) is 0 Å². The van der Waals surface area contributed by atoms with E-state index in [0.717, 1.165) is 23.3 Å². The van der Waals surface area contributed by atoms with Crippen LogP contribution in [0.2, 0.25) is 0 Å². The van der Waals surface area contributed by atoms with Gasteiger partial charge in [0, 0.05) is 29.7 Å².